The van der Waals surface area contributed by atoms with Crippen molar-refractivity contribution >= 4 is 41.5 Å². The molecular weight excluding hydrogens is 788 g/mol. The summed E-state index contributed by atoms with van der Waals surface area (Å²) < 4.78 is 54.5. The van der Waals surface area contributed by atoms with Gasteiger partial charge in [-0.25, -0.2) is 9.59 Å². The third kappa shape index (κ3) is 23.8. The molecule has 0 aromatic heterocycles. The predicted octanol–water partition coefficient (Wildman–Crippen LogP) is -0.00830. The number of ether oxygens (including phenoxy) is 10. The maximum Gasteiger partial charge on any atom is 0.335 e. The maximum absolute atomic E-state index is 12.0. The van der Waals surface area contributed by atoms with Crippen molar-refractivity contribution in [3.05, 3.63) is 0 Å². The zero-order valence-corrected chi connectivity index (χ0v) is 34.4. The Labute approximate surface area is 344 Å². The monoisotopic (exact) mass is 852 g/mol. The van der Waals surface area contributed by atoms with Crippen LogP contribution in [0.3, 0.4) is 0 Å². The number of carbonyl (C=O) groups excluding carboxylic acids is 5. The number of carbonyl (C=O) groups is 5. The van der Waals surface area contributed by atoms with Crippen molar-refractivity contribution in [2.24, 2.45) is 0 Å². The first-order valence-corrected chi connectivity index (χ1v) is 21.3. The molecule has 334 valence electrons. The van der Waals surface area contributed by atoms with Crippen LogP contribution < -0.4 is 16.0 Å². The molecule has 5 amide bonds. The highest BCUT2D eigenvalue weighted by atomic mass is 32.2. The molecule has 0 aliphatic carbocycles. The van der Waals surface area contributed by atoms with Gasteiger partial charge in [-0.1, -0.05) is 6.42 Å². The number of hydrogen-bond acceptors (Lipinski definition) is 17. The van der Waals surface area contributed by atoms with E-state index in [1.54, 1.807) is 0 Å². The molecule has 3 fully saturated rings. The lowest BCUT2D eigenvalue weighted by atomic mass is 10.0. The summed E-state index contributed by atoms with van der Waals surface area (Å²) in [5.74, 6) is -0.746. The van der Waals surface area contributed by atoms with E-state index in [9.17, 15) is 24.0 Å². The van der Waals surface area contributed by atoms with Crippen molar-refractivity contribution in [1.29, 1.82) is 0 Å². The van der Waals surface area contributed by atoms with Gasteiger partial charge in [-0.15, -0.1) is 5.06 Å². The molecule has 0 aromatic rings. The van der Waals surface area contributed by atoms with Crippen LogP contribution in [-0.4, -0.2) is 197 Å². The number of amides is 5. The van der Waals surface area contributed by atoms with E-state index < -0.39 is 17.8 Å². The fourth-order valence-electron chi connectivity index (χ4n) is 5.67. The Morgan fingerprint density at radius 1 is 0.569 bits per heavy atom. The van der Waals surface area contributed by atoms with Crippen molar-refractivity contribution in [3.63, 3.8) is 0 Å². The molecule has 3 atom stereocenters. The first kappa shape index (κ1) is 49.7. The first-order valence-electron chi connectivity index (χ1n) is 20.2. The fraction of sp³-hybridized carbons (Fsp3) is 0.865. The number of unbranched alkanes of at least 4 members (excludes halogenated alkanes) is 1. The summed E-state index contributed by atoms with van der Waals surface area (Å²) >= 11 is 1.90. The largest absolute Gasteiger partial charge is 0.378 e. The van der Waals surface area contributed by atoms with Crippen LogP contribution in [0.2, 0.25) is 0 Å². The van der Waals surface area contributed by atoms with E-state index in [2.05, 4.69) is 16.0 Å². The highest BCUT2D eigenvalue weighted by molar-refractivity contribution is 8.00. The minimum atomic E-state index is -0.703. The van der Waals surface area contributed by atoms with Crippen LogP contribution in [0.15, 0.2) is 0 Å². The second-order valence-corrected chi connectivity index (χ2v) is 14.4. The van der Waals surface area contributed by atoms with Crippen molar-refractivity contribution in [2.45, 2.75) is 62.3 Å². The summed E-state index contributed by atoms with van der Waals surface area (Å²) in [6.45, 7) is 8.77. The molecule has 0 bridgehead atoms. The summed E-state index contributed by atoms with van der Waals surface area (Å²) in [6, 6.07) is 0.385. The third-order valence-corrected chi connectivity index (χ3v) is 10.2. The van der Waals surface area contributed by atoms with Gasteiger partial charge in [0, 0.05) is 36.8 Å². The van der Waals surface area contributed by atoms with Gasteiger partial charge < -0.3 is 68.2 Å². The summed E-state index contributed by atoms with van der Waals surface area (Å²) in [5, 5.41) is 9.78. The van der Waals surface area contributed by atoms with Crippen molar-refractivity contribution in [2.75, 3.05) is 144 Å². The molecule has 58 heavy (non-hydrogen) atoms. The Hall–Kier alpha value is -2.70. The van der Waals surface area contributed by atoms with Crippen molar-refractivity contribution < 1.29 is 76.2 Å². The zero-order chi connectivity index (χ0) is 41.3. The predicted molar refractivity (Wildman–Crippen MR) is 207 cm³/mol. The van der Waals surface area contributed by atoms with Crippen molar-refractivity contribution in [1.82, 2.24) is 21.0 Å². The molecule has 3 aliphatic rings. The molecule has 0 radical (unpaired) electrons. The SMILES string of the molecule is O=C(CCCC[C@@H]1SC[C@@H]2NC(=O)N[C@@H]21)NCCOCCOCCOCCOCCOCCOCCOCCOCCOCCOCCC(=O)ON1C(=O)CCC1=O. The quantitative estimate of drug-likeness (QED) is 0.0420. The lowest BCUT2D eigenvalue weighted by Crippen LogP contribution is -2.36. The van der Waals surface area contributed by atoms with Gasteiger partial charge in [0.25, 0.3) is 11.8 Å². The Morgan fingerprint density at radius 2 is 1.00 bits per heavy atom. The number of nitrogens with one attached hydrogen (secondary N) is 3. The number of nitrogens with zero attached hydrogens (tertiary/aromatic N) is 1. The Balaban J connectivity index is 0.899. The van der Waals surface area contributed by atoms with Crippen LogP contribution in [0.5, 0.6) is 0 Å². The minimum absolute atomic E-state index is 0.0336. The Kier molecular flexibility index (Phi) is 28.3. The van der Waals surface area contributed by atoms with Crippen LogP contribution in [0.1, 0.15) is 44.9 Å². The molecule has 0 spiro atoms. The van der Waals surface area contributed by atoms with Gasteiger partial charge in [-0.2, -0.15) is 11.8 Å². The number of thioether (sulfide) groups is 1. The van der Waals surface area contributed by atoms with Crippen LogP contribution in [0.4, 0.5) is 4.79 Å². The number of rotatable bonds is 39. The molecule has 0 aromatic carbocycles. The Bertz CT molecular complexity index is 1140. The van der Waals surface area contributed by atoms with Gasteiger partial charge in [-0.05, 0) is 12.8 Å². The van der Waals surface area contributed by atoms with Gasteiger partial charge in [0.15, 0.2) is 0 Å². The van der Waals surface area contributed by atoms with E-state index >= 15 is 0 Å². The number of hydrogen-bond donors (Lipinski definition) is 3. The van der Waals surface area contributed by atoms with Crippen LogP contribution in [0, 0.1) is 0 Å². The first-order chi connectivity index (χ1) is 28.4. The lowest BCUT2D eigenvalue weighted by Gasteiger charge is -2.16. The van der Waals surface area contributed by atoms with Gasteiger partial charge in [-0.3, -0.25) is 14.4 Å². The molecule has 3 saturated heterocycles. The summed E-state index contributed by atoms with van der Waals surface area (Å²) in [7, 11) is 0. The fourth-order valence-corrected chi connectivity index (χ4v) is 7.21. The molecule has 3 N–H and O–H groups in total. The van der Waals surface area contributed by atoms with E-state index in [0.717, 1.165) is 25.0 Å². The third-order valence-electron chi connectivity index (χ3n) is 8.65. The Morgan fingerprint density at radius 3 is 1.47 bits per heavy atom. The number of fused-ring (bicyclic) bond motifs is 1. The van der Waals surface area contributed by atoms with E-state index in [1.165, 1.54) is 0 Å². The minimum Gasteiger partial charge on any atom is -0.378 e. The van der Waals surface area contributed by atoms with E-state index in [4.69, 9.17) is 52.2 Å². The standard InChI is InChI=1S/C37H64N4O16S/c42-32(4-2-1-3-31-36-30(29-58-31)39-37(46)40-36)38-8-10-48-12-14-50-16-18-52-20-22-54-24-26-56-28-27-55-25-23-53-21-19-51-17-15-49-13-11-47-9-7-35(45)57-41-33(43)5-6-34(41)44/h30-31,36H,1-29H2,(H,38,42)(H2,39,40,46)/t30-,31-,36-/m0/s1. The highest BCUT2D eigenvalue weighted by Gasteiger charge is 2.42. The average molecular weight is 853 g/mol. The second kappa shape index (κ2) is 33.1. The molecule has 0 saturated carbocycles. The van der Waals surface area contributed by atoms with Gasteiger partial charge in [0.1, 0.15) is 0 Å². The number of urea groups is 1. The summed E-state index contributed by atoms with van der Waals surface area (Å²) in [5.41, 5.74) is 0. The molecule has 3 aliphatic heterocycles. The van der Waals surface area contributed by atoms with E-state index in [0.29, 0.717) is 142 Å². The number of imide groups is 1. The van der Waals surface area contributed by atoms with E-state index in [-0.39, 0.29) is 56.5 Å². The second-order valence-electron chi connectivity index (χ2n) is 13.1. The van der Waals surface area contributed by atoms with Gasteiger partial charge >= 0.3 is 12.0 Å². The molecule has 21 heteroatoms. The van der Waals surface area contributed by atoms with Gasteiger partial charge in [0.05, 0.1) is 151 Å². The average Bonchev–Trinajstić information content (AvgIpc) is 3.88. The topological polar surface area (TPSA) is 226 Å². The molecule has 0 unspecified atom stereocenters. The molecule has 3 rings (SSSR count). The normalized spacial score (nSPS) is 18.8. The van der Waals surface area contributed by atoms with Crippen LogP contribution >= 0.6 is 11.8 Å². The highest BCUT2D eigenvalue weighted by Crippen LogP contribution is 2.33. The van der Waals surface area contributed by atoms with Crippen LogP contribution in [0.25, 0.3) is 0 Å². The maximum atomic E-state index is 12.0. The number of hydroxylamine groups is 2. The molecular formula is C37H64N4O16S. The molecule has 3 heterocycles. The van der Waals surface area contributed by atoms with Gasteiger partial charge in [0.2, 0.25) is 5.91 Å². The molecule has 20 nitrogen and oxygen atoms in total. The summed E-state index contributed by atoms with van der Waals surface area (Å²) in [4.78, 5) is 62.8. The van der Waals surface area contributed by atoms with E-state index in [1.807, 2.05) is 11.8 Å². The zero-order valence-electron chi connectivity index (χ0n) is 33.6. The summed E-state index contributed by atoms with van der Waals surface area (Å²) in [6.07, 6.45) is 3.33. The van der Waals surface area contributed by atoms with Crippen LogP contribution in [-0.2, 0) is 71.4 Å². The van der Waals surface area contributed by atoms with Crippen molar-refractivity contribution in [3.8, 4) is 0 Å². The smallest absolute Gasteiger partial charge is 0.335 e. The lowest BCUT2D eigenvalue weighted by molar-refractivity contribution is -0.198.